The average Bonchev–Trinajstić information content (AvgIpc) is 2.56. The second-order valence-corrected chi connectivity index (χ2v) is 2.92. The van der Waals surface area contributed by atoms with Gasteiger partial charge in [0.15, 0.2) is 6.29 Å². The van der Waals surface area contributed by atoms with Gasteiger partial charge in [-0.05, 0) is 6.07 Å². The van der Waals surface area contributed by atoms with E-state index in [0.717, 1.165) is 0 Å². The smallest absolute Gasteiger partial charge is 0.278 e. The molecule has 0 saturated heterocycles. The van der Waals surface area contributed by atoms with E-state index >= 15 is 0 Å². The fourth-order valence-corrected chi connectivity index (χ4v) is 1.48. The van der Waals surface area contributed by atoms with Crippen LogP contribution in [0.3, 0.4) is 0 Å². The zero-order chi connectivity index (χ0) is 10.1. The summed E-state index contributed by atoms with van der Waals surface area (Å²) in [5.41, 5.74) is 0.307. The van der Waals surface area contributed by atoms with Crippen LogP contribution in [0.4, 0.5) is 8.78 Å². The molecule has 2 nitrogen and oxygen atoms in total. The summed E-state index contributed by atoms with van der Waals surface area (Å²) in [6.45, 7) is 0. The van der Waals surface area contributed by atoms with Crippen molar-refractivity contribution in [2.45, 2.75) is 6.43 Å². The van der Waals surface area contributed by atoms with E-state index in [0.29, 0.717) is 17.2 Å². The molecular weight excluding hydrogens is 188 g/mol. The molecule has 0 atom stereocenters. The summed E-state index contributed by atoms with van der Waals surface area (Å²) in [5.74, 6) is 0. The van der Waals surface area contributed by atoms with E-state index in [9.17, 15) is 13.6 Å². The molecular formula is C10H7F2NO. The highest BCUT2D eigenvalue weighted by molar-refractivity contribution is 5.98. The number of hydrogen-bond donors (Lipinski definition) is 1. The average molecular weight is 195 g/mol. The van der Waals surface area contributed by atoms with Gasteiger partial charge in [0.25, 0.3) is 6.43 Å². The molecule has 0 fully saturated rings. The quantitative estimate of drug-likeness (QED) is 0.734. The molecule has 1 aromatic heterocycles. The summed E-state index contributed by atoms with van der Waals surface area (Å²) < 4.78 is 24.9. The van der Waals surface area contributed by atoms with Gasteiger partial charge in [0, 0.05) is 16.5 Å². The number of hydrogen-bond acceptors (Lipinski definition) is 1. The number of alkyl halides is 2. The number of aromatic amines is 1. The standard InChI is InChI=1S/C10H7F2NO/c11-10(12)9-7(5-14)6-3-1-2-4-8(6)13-9/h1-5,10,13H. The number of para-hydroxylation sites is 1. The lowest BCUT2D eigenvalue weighted by Crippen LogP contribution is -1.89. The highest BCUT2D eigenvalue weighted by Crippen LogP contribution is 2.27. The number of halogens is 2. The van der Waals surface area contributed by atoms with Gasteiger partial charge >= 0.3 is 0 Å². The van der Waals surface area contributed by atoms with Crippen LogP contribution in [-0.2, 0) is 0 Å². The zero-order valence-corrected chi connectivity index (χ0v) is 7.13. The highest BCUT2D eigenvalue weighted by Gasteiger charge is 2.17. The summed E-state index contributed by atoms with van der Waals surface area (Å²) >= 11 is 0. The van der Waals surface area contributed by atoms with Gasteiger partial charge in [-0.15, -0.1) is 0 Å². The van der Waals surface area contributed by atoms with Crippen molar-refractivity contribution in [1.29, 1.82) is 0 Å². The Morgan fingerprint density at radius 2 is 2.00 bits per heavy atom. The van der Waals surface area contributed by atoms with Gasteiger partial charge in [0.05, 0.1) is 5.69 Å². The Kier molecular flexibility index (Phi) is 2.04. The fraction of sp³-hybridized carbons (Fsp3) is 0.100. The molecule has 2 aromatic rings. The van der Waals surface area contributed by atoms with Crippen molar-refractivity contribution in [2.75, 3.05) is 0 Å². The van der Waals surface area contributed by atoms with E-state index in [2.05, 4.69) is 4.98 Å². The Labute approximate surface area is 78.5 Å². The molecule has 2 rings (SSSR count). The number of aromatic nitrogens is 1. The van der Waals surface area contributed by atoms with Gasteiger partial charge in [0.1, 0.15) is 0 Å². The molecule has 0 aliphatic carbocycles. The number of rotatable bonds is 2. The summed E-state index contributed by atoms with van der Waals surface area (Å²) in [7, 11) is 0. The Bertz CT molecular complexity index is 476. The van der Waals surface area contributed by atoms with Crippen molar-refractivity contribution in [3.63, 3.8) is 0 Å². The van der Waals surface area contributed by atoms with Crippen molar-refractivity contribution >= 4 is 17.2 Å². The molecule has 0 bridgehead atoms. The number of carbonyl (C=O) groups is 1. The normalized spacial score (nSPS) is 11.1. The molecule has 72 valence electrons. The molecule has 0 unspecified atom stereocenters. The van der Waals surface area contributed by atoms with Crippen molar-refractivity contribution in [3.8, 4) is 0 Å². The molecule has 0 spiro atoms. The van der Waals surface area contributed by atoms with Crippen molar-refractivity contribution in [2.24, 2.45) is 0 Å². The predicted molar refractivity (Wildman–Crippen MR) is 48.6 cm³/mol. The van der Waals surface area contributed by atoms with Crippen LogP contribution >= 0.6 is 0 Å². The molecule has 1 heterocycles. The number of benzene rings is 1. The molecule has 0 aliphatic rings. The minimum atomic E-state index is -2.65. The van der Waals surface area contributed by atoms with Crippen molar-refractivity contribution in [3.05, 3.63) is 35.5 Å². The fourth-order valence-electron chi connectivity index (χ4n) is 1.48. The summed E-state index contributed by atoms with van der Waals surface area (Å²) in [4.78, 5) is 13.2. The summed E-state index contributed by atoms with van der Waals surface area (Å²) in [6.07, 6.45) is -2.19. The third-order valence-corrected chi connectivity index (χ3v) is 2.11. The lowest BCUT2D eigenvalue weighted by Gasteiger charge is -1.94. The molecule has 0 radical (unpaired) electrons. The van der Waals surface area contributed by atoms with Crippen molar-refractivity contribution in [1.82, 2.24) is 4.98 Å². The van der Waals surface area contributed by atoms with Crippen LogP contribution < -0.4 is 0 Å². The first kappa shape index (κ1) is 8.87. The lowest BCUT2D eigenvalue weighted by atomic mass is 10.1. The Morgan fingerprint density at radius 1 is 1.29 bits per heavy atom. The number of fused-ring (bicyclic) bond motifs is 1. The van der Waals surface area contributed by atoms with E-state index < -0.39 is 6.43 Å². The van der Waals surface area contributed by atoms with E-state index in [1.807, 2.05) is 0 Å². The van der Waals surface area contributed by atoms with Gasteiger partial charge in [-0.3, -0.25) is 4.79 Å². The maximum Gasteiger partial charge on any atom is 0.278 e. The molecule has 14 heavy (non-hydrogen) atoms. The largest absolute Gasteiger partial charge is 0.353 e. The van der Waals surface area contributed by atoms with E-state index in [4.69, 9.17) is 0 Å². The summed E-state index contributed by atoms with van der Waals surface area (Å²) in [5, 5.41) is 0.540. The Morgan fingerprint density at radius 3 is 2.64 bits per heavy atom. The van der Waals surface area contributed by atoms with Gasteiger partial charge < -0.3 is 4.98 Å². The monoisotopic (exact) mass is 195 g/mol. The third-order valence-electron chi connectivity index (χ3n) is 2.11. The number of aldehydes is 1. The number of carbonyl (C=O) groups excluding carboxylic acids is 1. The third kappa shape index (κ3) is 1.19. The maximum atomic E-state index is 12.5. The first-order chi connectivity index (χ1) is 6.74. The molecule has 0 aliphatic heterocycles. The second kappa shape index (κ2) is 3.21. The van der Waals surface area contributed by atoms with Gasteiger partial charge in [-0.2, -0.15) is 0 Å². The topological polar surface area (TPSA) is 32.9 Å². The van der Waals surface area contributed by atoms with Crippen molar-refractivity contribution < 1.29 is 13.6 Å². The van der Waals surface area contributed by atoms with E-state index in [1.165, 1.54) is 0 Å². The number of nitrogens with one attached hydrogen (secondary N) is 1. The SMILES string of the molecule is O=Cc1c(C(F)F)[nH]c2ccccc12. The molecule has 1 N–H and O–H groups in total. The van der Waals surface area contributed by atoms with E-state index in [1.54, 1.807) is 24.3 Å². The van der Waals surface area contributed by atoms with Crippen LogP contribution in [0, 0.1) is 0 Å². The van der Waals surface area contributed by atoms with E-state index in [-0.39, 0.29) is 11.3 Å². The zero-order valence-electron chi connectivity index (χ0n) is 7.13. The maximum absolute atomic E-state index is 12.5. The Balaban J connectivity index is 2.78. The Hall–Kier alpha value is -1.71. The summed E-state index contributed by atoms with van der Waals surface area (Å²) in [6, 6.07) is 6.73. The molecule has 1 aromatic carbocycles. The minimum Gasteiger partial charge on any atom is -0.353 e. The molecule has 0 amide bonds. The van der Waals surface area contributed by atoms with Crippen LogP contribution in [0.2, 0.25) is 0 Å². The van der Waals surface area contributed by atoms with Crippen LogP contribution in [0.25, 0.3) is 10.9 Å². The molecule has 0 saturated carbocycles. The highest BCUT2D eigenvalue weighted by atomic mass is 19.3. The van der Waals surface area contributed by atoms with Gasteiger partial charge in [0.2, 0.25) is 0 Å². The number of H-pyrrole nitrogens is 1. The van der Waals surface area contributed by atoms with Gasteiger partial charge in [-0.25, -0.2) is 8.78 Å². The second-order valence-electron chi connectivity index (χ2n) is 2.92. The van der Waals surface area contributed by atoms with Crippen LogP contribution in [0.5, 0.6) is 0 Å². The van der Waals surface area contributed by atoms with Crippen LogP contribution in [0.15, 0.2) is 24.3 Å². The van der Waals surface area contributed by atoms with Gasteiger partial charge in [-0.1, -0.05) is 18.2 Å². The lowest BCUT2D eigenvalue weighted by molar-refractivity contribution is 0.110. The minimum absolute atomic E-state index is 0.0515. The van der Waals surface area contributed by atoms with Crippen LogP contribution in [0.1, 0.15) is 22.5 Å². The van der Waals surface area contributed by atoms with Crippen LogP contribution in [-0.4, -0.2) is 11.3 Å². The predicted octanol–water partition coefficient (Wildman–Crippen LogP) is 2.92. The molecule has 4 heteroatoms. The first-order valence-corrected chi connectivity index (χ1v) is 4.08. The first-order valence-electron chi connectivity index (χ1n) is 4.08.